The third-order valence-electron chi connectivity index (χ3n) is 2.77. The van der Waals surface area contributed by atoms with Crippen molar-refractivity contribution >= 4 is 37.9 Å². The van der Waals surface area contributed by atoms with Gasteiger partial charge in [-0.3, -0.25) is 20.1 Å². The Kier molecular flexibility index (Phi) is 5.87. The summed E-state index contributed by atoms with van der Waals surface area (Å²) in [5, 5.41) is 9.85. The fourth-order valence-corrected chi connectivity index (χ4v) is 2.29. The Balaban J connectivity index is 0.000000505. The minimum Gasteiger partial charge on any atom is -0.311 e. The maximum Gasteiger partial charge on any atom is 0.274 e. The van der Waals surface area contributed by atoms with Crippen LogP contribution < -0.4 is 5.32 Å². The average Bonchev–Trinajstić information content (AvgIpc) is 2.63. The second-order valence-electron chi connectivity index (χ2n) is 4.97. The van der Waals surface area contributed by atoms with Gasteiger partial charge in [0.25, 0.3) is 16.0 Å². The molecule has 11 heteroatoms. The molecule has 1 amide bonds. The van der Waals surface area contributed by atoms with E-state index in [4.69, 9.17) is 9.96 Å². The summed E-state index contributed by atoms with van der Waals surface area (Å²) >= 11 is 0. The number of rotatable bonds is 2. The van der Waals surface area contributed by atoms with Crippen molar-refractivity contribution in [2.45, 2.75) is 4.90 Å². The van der Waals surface area contributed by atoms with Crippen molar-refractivity contribution in [3.63, 3.8) is 0 Å². The number of guanidine groups is 1. The van der Waals surface area contributed by atoms with Crippen molar-refractivity contribution < 1.29 is 26.2 Å². The Morgan fingerprint density at radius 3 is 1.92 bits per heavy atom. The maximum absolute atomic E-state index is 11.6. The standard InChI is InChI=1S/C12H13N3O3S.CH4O3S/c1-15-10(11(16)14-12(15)13)7-8-3-5-9(6-4-8)19(2,17)18;1-5(2,3)4/h3-7H,1-2H3,(H2,13,14,16);1H3,(H,2,3,4)/b10-7+;. The van der Waals surface area contributed by atoms with Gasteiger partial charge in [0.15, 0.2) is 9.84 Å². The Bertz CT molecular complexity index is 878. The van der Waals surface area contributed by atoms with Crippen LogP contribution in [0.1, 0.15) is 5.56 Å². The largest absolute Gasteiger partial charge is 0.311 e. The highest BCUT2D eigenvalue weighted by molar-refractivity contribution is 7.90. The molecular weight excluding hydrogens is 358 g/mol. The Morgan fingerprint density at radius 2 is 1.58 bits per heavy atom. The molecule has 24 heavy (non-hydrogen) atoms. The van der Waals surface area contributed by atoms with E-state index < -0.39 is 20.0 Å². The smallest absolute Gasteiger partial charge is 0.274 e. The number of carbonyl (C=O) groups excluding carboxylic acids is 1. The van der Waals surface area contributed by atoms with Crippen molar-refractivity contribution in [1.29, 1.82) is 5.41 Å². The van der Waals surface area contributed by atoms with Crippen LogP contribution >= 0.6 is 0 Å². The number of benzene rings is 1. The van der Waals surface area contributed by atoms with E-state index in [9.17, 15) is 21.6 Å². The van der Waals surface area contributed by atoms with Gasteiger partial charge in [-0.1, -0.05) is 12.1 Å². The molecule has 0 spiro atoms. The molecule has 1 aliphatic rings. The first-order chi connectivity index (χ1) is 10.8. The van der Waals surface area contributed by atoms with Crippen molar-refractivity contribution in [3.8, 4) is 0 Å². The van der Waals surface area contributed by atoms with Crippen LogP contribution in [-0.2, 0) is 24.7 Å². The van der Waals surface area contributed by atoms with Gasteiger partial charge in [0.2, 0.25) is 5.96 Å². The van der Waals surface area contributed by atoms with E-state index in [0.717, 1.165) is 6.26 Å². The summed E-state index contributed by atoms with van der Waals surface area (Å²) in [6.07, 6.45) is 3.45. The van der Waals surface area contributed by atoms with Crippen LogP contribution in [0.15, 0.2) is 34.9 Å². The highest BCUT2D eigenvalue weighted by Gasteiger charge is 2.26. The van der Waals surface area contributed by atoms with Crippen LogP contribution in [0, 0.1) is 5.41 Å². The number of hydrogen-bond donors (Lipinski definition) is 3. The van der Waals surface area contributed by atoms with E-state index in [-0.39, 0.29) is 16.8 Å². The Morgan fingerprint density at radius 1 is 1.12 bits per heavy atom. The van der Waals surface area contributed by atoms with E-state index in [1.54, 1.807) is 25.3 Å². The highest BCUT2D eigenvalue weighted by atomic mass is 32.2. The normalized spacial score (nSPS) is 16.7. The molecule has 0 radical (unpaired) electrons. The molecule has 2 rings (SSSR count). The van der Waals surface area contributed by atoms with Gasteiger partial charge in [-0.15, -0.1) is 0 Å². The van der Waals surface area contributed by atoms with E-state index in [1.807, 2.05) is 0 Å². The summed E-state index contributed by atoms with van der Waals surface area (Å²) in [5.74, 6) is -0.330. The lowest BCUT2D eigenvalue weighted by molar-refractivity contribution is -0.115. The predicted octanol–water partition coefficient (Wildman–Crippen LogP) is -0.0686. The lowest BCUT2D eigenvalue weighted by Gasteiger charge is -2.08. The van der Waals surface area contributed by atoms with E-state index in [1.165, 1.54) is 17.0 Å². The topological polar surface area (TPSA) is 145 Å². The van der Waals surface area contributed by atoms with Crippen LogP contribution in [0.3, 0.4) is 0 Å². The monoisotopic (exact) mass is 375 g/mol. The molecule has 1 heterocycles. The number of likely N-dealkylation sites (N-methyl/N-ethyl adjacent to an activating group) is 1. The highest BCUT2D eigenvalue weighted by Crippen LogP contribution is 2.16. The molecule has 3 N–H and O–H groups in total. The first kappa shape index (κ1) is 19.8. The van der Waals surface area contributed by atoms with Crippen LogP contribution in [0.5, 0.6) is 0 Å². The van der Waals surface area contributed by atoms with Gasteiger partial charge < -0.3 is 4.90 Å². The number of carbonyl (C=O) groups is 1. The molecule has 0 unspecified atom stereocenters. The Hall–Kier alpha value is -2.24. The Labute approximate surface area is 140 Å². The molecule has 0 bridgehead atoms. The van der Waals surface area contributed by atoms with Crippen molar-refractivity contribution in [1.82, 2.24) is 10.2 Å². The minimum absolute atomic E-state index is 0.0176. The number of nitrogens with zero attached hydrogens (tertiary/aromatic N) is 1. The van der Waals surface area contributed by atoms with Gasteiger partial charge in [-0.2, -0.15) is 8.42 Å². The summed E-state index contributed by atoms with van der Waals surface area (Å²) in [5.41, 5.74) is 1.04. The molecule has 0 aromatic heterocycles. The summed E-state index contributed by atoms with van der Waals surface area (Å²) in [6.45, 7) is 0. The predicted molar refractivity (Wildman–Crippen MR) is 88.6 cm³/mol. The molecular formula is C13H17N3O6S2. The van der Waals surface area contributed by atoms with Crippen LogP contribution in [0.25, 0.3) is 6.08 Å². The number of nitrogens with one attached hydrogen (secondary N) is 2. The zero-order chi connectivity index (χ0) is 18.7. The van der Waals surface area contributed by atoms with Crippen molar-refractivity contribution in [2.24, 2.45) is 0 Å². The van der Waals surface area contributed by atoms with Crippen LogP contribution in [0.2, 0.25) is 0 Å². The third-order valence-corrected chi connectivity index (χ3v) is 3.90. The van der Waals surface area contributed by atoms with Gasteiger partial charge in [-0.25, -0.2) is 8.42 Å². The summed E-state index contributed by atoms with van der Waals surface area (Å²) in [6, 6.07) is 6.21. The average molecular weight is 375 g/mol. The summed E-state index contributed by atoms with van der Waals surface area (Å²) in [4.78, 5) is 13.2. The van der Waals surface area contributed by atoms with Crippen LogP contribution in [0.4, 0.5) is 0 Å². The van der Waals surface area contributed by atoms with E-state index >= 15 is 0 Å². The number of amides is 1. The van der Waals surface area contributed by atoms with Gasteiger partial charge in [0.05, 0.1) is 11.2 Å². The molecule has 1 aromatic carbocycles. The van der Waals surface area contributed by atoms with Crippen LogP contribution in [-0.4, -0.2) is 57.7 Å². The summed E-state index contributed by atoms with van der Waals surface area (Å²) < 4.78 is 48.5. The fraction of sp³-hybridized carbons (Fsp3) is 0.231. The van der Waals surface area contributed by atoms with Gasteiger partial charge >= 0.3 is 0 Å². The fourth-order valence-electron chi connectivity index (χ4n) is 1.66. The molecule has 132 valence electrons. The third kappa shape index (κ3) is 6.10. The van der Waals surface area contributed by atoms with Crippen molar-refractivity contribution in [2.75, 3.05) is 19.6 Å². The zero-order valence-electron chi connectivity index (χ0n) is 13.1. The summed E-state index contributed by atoms with van der Waals surface area (Å²) in [7, 11) is -5.28. The second-order valence-corrected chi connectivity index (χ2v) is 8.45. The van der Waals surface area contributed by atoms with E-state index in [0.29, 0.717) is 17.5 Å². The van der Waals surface area contributed by atoms with E-state index in [2.05, 4.69) is 5.32 Å². The minimum atomic E-state index is -3.67. The van der Waals surface area contributed by atoms with Crippen molar-refractivity contribution in [3.05, 3.63) is 35.5 Å². The molecule has 9 nitrogen and oxygen atoms in total. The van der Waals surface area contributed by atoms with Gasteiger partial charge in [0.1, 0.15) is 5.70 Å². The molecule has 0 aliphatic carbocycles. The van der Waals surface area contributed by atoms with Gasteiger partial charge in [0, 0.05) is 13.3 Å². The molecule has 0 atom stereocenters. The molecule has 1 saturated heterocycles. The molecule has 1 aromatic rings. The number of hydrogen-bond acceptors (Lipinski definition) is 6. The second kappa shape index (κ2) is 7.11. The lowest BCUT2D eigenvalue weighted by Crippen LogP contribution is -2.25. The number of sulfone groups is 1. The SMILES string of the molecule is CN1C(=N)NC(=O)/C1=C\c1ccc(S(C)(=O)=O)cc1.CS(=O)(=O)O. The van der Waals surface area contributed by atoms with Gasteiger partial charge in [-0.05, 0) is 23.8 Å². The molecule has 0 saturated carbocycles. The molecule has 1 fully saturated rings. The first-order valence-electron chi connectivity index (χ1n) is 6.37. The maximum atomic E-state index is 11.6. The quantitative estimate of drug-likeness (QED) is 0.485. The molecule has 1 aliphatic heterocycles. The first-order valence-corrected chi connectivity index (χ1v) is 10.1. The zero-order valence-corrected chi connectivity index (χ0v) is 14.8. The lowest BCUT2D eigenvalue weighted by atomic mass is 10.2.